The number of nitrogens with zero attached hydrogens (tertiary/aromatic N) is 2. The summed E-state index contributed by atoms with van der Waals surface area (Å²) in [5, 5.41) is 6.06. The second kappa shape index (κ2) is 12.3. The van der Waals surface area contributed by atoms with Crippen LogP contribution in [0.4, 0.5) is 5.69 Å². The van der Waals surface area contributed by atoms with Gasteiger partial charge in [-0.15, -0.1) is 0 Å². The molecule has 3 aromatic carbocycles. The zero-order chi connectivity index (χ0) is 28.9. The molecule has 0 saturated carbocycles. The summed E-state index contributed by atoms with van der Waals surface area (Å²) in [6.45, 7) is 5.14. The van der Waals surface area contributed by atoms with Gasteiger partial charge in [0.25, 0.3) is 5.56 Å². The van der Waals surface area contributed by atoms with Crippen LogP contribution in [-0.2, 0) is 27.3 Å². The van der Waals surface area contributed by atoms with Gasteiger partial charge in [0.2, 0.25) is 11.8 Å². The van der Waals surface area contributed by atoms with E-state index in [9.17, 15) is 19.2 Å². The number of nitrogens with one attached hydrogen (secondary N) is 2. The van der Waals surface area contributed by atoms with Gasteiger partial charge in [-0.1, -0.05) is 50.2 Å². The Morgan fingerprint density at radius 2 is 1.68 bits per heavy atom. The van der Waals surface area contributed by atoms with Crippen molar-refractivity contribution in [2.75, 3.05) is 18.5 Å². The third-order valence-electron chi connectivity index (χ3n) is 7.32. The first-order valence-electron chi connectivity index (χ1n) is 13.9. The highest BCUT2D eigenvalue weighted by molar-refractivity contribution is 5.91. The van der Waals surface area contributed by atoms with E-state index in [1.807, 2.05) is 24.3 Å². The summed E-state index contributed by atoms with van der Waals surface area (Å²) in [7, 11) is 0. The van der Waals surface area contributed by atoms with Crippen LogP contribution in [0.3, 0.4) is 0 Å². The number of benzene rings is 3. The van der Waals surface area contributed by atoms with E-state index in [-0.39, 0.29) is 30.9 Å². The van der Waals surface area contributed by atoms with Crippen molar-refractivity contribution in [2.24, 2.45) is 0 Å². The number of anilines is 1. The fourth-order valence-electron chi connectivity index (χ4n) is 5.04. The van der Waals surface area contributed by atoms with Crippen molar-refractivity contribution in [2.45, 2.75) is 51.7 Å². The Balaban J connectivity index is 1.37. The Morgan fingerprint density at radius 3 is 2.37 bits per heavy atom. The van der Waals surface area contributed by atoms with Crippen molar-refractivity contribution < 1.29 is 14.3 Å². The van der Waals surface area contributed by atoms with Gasteiger partial charge in [-0.25, -0.2) is 9.36 Å². The van der Waals surface area contributed by atoms with Gasteiger partial charge >= 0.3 is 5.69 Å². The van der Waals surface area contributed by atoms with Crippen LogP contribution >= 0.6 is 0 Å². The van der Waals surface area contributed by atoms with E-state index in [1.54, 1.807) is 48.5 Å². The van der Waals surface area contributed by atoms with Crippen LogP contribution in [0.15, 0.2) is 82.4 Å². The number of ether oxygens (including phenoxy) is 1. The third kappa shape index (κ3) is 6.47. The molecule has 1 fully saturated rings. The Kier molecular flexibility index (Phi) is 8.45. The van der Waals surface area contributed by atoms with Crippen LogP contribution in [0.5, 0.6) is 0 Å². The number of fused-ring (bicyclic) bond motifs is 1. The minimum absolute atomic E-state index is 0.0655. The first-order valence-corrected chi connectivity index (χ1v) is 13.9. The number of para-hydroxylation sites is 1. The zero-order valence-corrected chi connectivity index (χ0v) is 23.3. The number of hydrogen-bond donors (Lipinski definition) is 2. The molecule has 212 valence electrons. The second-order valence-corrected chi connectivity index (χ2v) is 10.6. The van der Waals surface area contributed by atoms with Gasteiger partial charge in [-0.3, -0.25) is 19.0 Å². The van der Waals surface area contributed by atoms with Crippen molar-refractivity contribution in [1.29, 1.82) is 0 Å². The van der Waals surface area contributed by atoms with Gasteiger partial charge in [0, 0.05) is 18.8 Å². The summed E-state index contributed by atoms with van der Waals surface area (Å²) in [6.07, 6.45) is 2.19. The highest BCUT2D eigenvalue weighted by Crippen LogP contribution is 2.18. The summed E-state index contributed by atoms with van der Waals surface area (Å²) >= 11 is 0. The molecule has 5 rings (SSSR count). The molecule has 4 aromatic rings. The Hall–Kier alpha value is -4.50. The normalized spacial score (nSPS) is 14.9. The molecule has 2 heterocycles. The summed E-state index contributed by atoms with van der Waals surface area (Å²) in [6, 6.07) is 21.0. The highest BCUT2D eigenvalue weighted by Gasteiger charge is 2.18. The molecule has 0 aliphatic carbocycles. The maximum absolute atomic E-state index is 13.7. The lowest BCUT2D eigenvalue weighted by atomic mass is 10.0. The van der Waals surface area contributed by atoms with E-state index < -0.39 is 11.2 Å². The summed E-state index contributed by atoms with van der Waals surface area (Å²) in [5.74, 6) is -0.138. The molecule has 1 aliphatic rings. The molecule has 1 atom stereocenters. The quantitative estimate of drug-likeness (QED) is 0.327. The molecule has 0 radical (unpaired) electrons. The lowest BCUT2D eigenvalue weighted by Gasteiger charge is -2.15. The SMILES string of the molecule is CC(C)c1ccc(NC(=O)Cn2c(=O)n(-c3ccc(CC(=O)NC[C@H]4CCCO4)cc3)c(=O)c3ccccc32)cc1. The van der Waals surface area contributed by atoms with Gasteiger partial charge in [0.15, 0.2) is 0 Å². The number of carbonyl (C=O) groups excluding carboxylic acids is 2. The van der Waals surface area contributed by atoms with Crippen molar-refractivity contribution in [3.63, 3.8) is 0 Å². The number of aromatic nitrogens is 2. The van der Waals surface area contributed by atoms with E-state index in [0.29, 0.717) is 34.7 Å². The summed E-state index contributed by atoms with van der Waals surface area (Å²) in [5.41, 5.74) is 2.16. The number of amides is 2. The Bertz CT molecular complexity index is 1660. The van der Waals surface area contributed by atoms with Crippen molar-refractivity contribution in [3.05, 3.63) is 105 Å². The van der Waals surface area contributed by atoms with E-state index in [1.165, 1.54) is 4.57 Å². The minimum Gasteiger partial charge on any atom is -0.376 e. The zero-order valence-electron chi connectivity index (χ0n) is 23.3. The molecule has 9 heteroatoms. The first-order chi connectivity index (χ1) is 19.8. The first kappa shape index (κ1) is 28.0. The molecule has 41 heavy (non-hydrogen) atoms. The molecule has 0 spiro atoms. The topological polar surface area (TPSA) is 111 Å². The van der Waals surface area contributed by atoms with Gasteiger partial charge in [0.1, 0.15) is 6.54 Å². The maximum atomic E-state index is 13.7. The van der Waals surface area contributed by atoms with E-state index in [2.05, 4.69) is 24.5 Å². The predicted molar refractivity (Wildman–Crippen MR) is 159 cm³/mol. The predicted octanol–water partition coefficient (Wildman–Crippen LogP) is 3.75. The lowest BCUT2D eigenvalue weighted by molar-refractivity contribution is -0.121. The molecule has 1 aromatic heterocycles. The van der Waals surface area contributed by atoms with Crippen LogP contribution in [-0.4, -0.2) is 40.2 Å². The maximum Gasteiger partial charge on any atom is 0.336 e. The average molecular weight is 555 g/mol. The van der Waals surface area contributed by atoms with Crippen LogP contribution in [0.25, 0.3) is 16.6 Å². The van der Waals surface area contributed by atoms with Crippen LogP contribution in [0.2, 0.25) is 0 Å². The van der Waals surface area contributed by atoms with Crippen LogP contribution < -0.4 is 21.9 Å². The second-order valence-electron chi connectivity index (χ2n) is 10.6. The highest BCUT2D eigenvalue weighted by atomic mass is 16.5. The number of carbonyl (C=O) groups is 2. The van der Waals surface area contributed by atoms with Gasteiger partial charge < -0.3 is 15.4 Å². The fraction of sp³-hybridized carbons (Fsp3) is 0.312. The van der Waals surface area contributed by atoms with Gasteiger partial charge in [-0.2, -0.15) is 0 Å². The monoisotopic (exact) mass is 554 g/mol. The Morgan fingerprint density at radius 1 is 0.951 bits per heavy atom. The van der Waals surface area contributed by atoms with Gasteiger partial charge in [-0.05, 0) is 66.3 Å². The molecule has 2 amide bonds. The molecule has 9 nitrogen and oxygen atoms in total. The average Bonchev–Trinajstić information content (AvgIpc) is 3.49. The minimum atomic E-state index is -0.624. The van der Waals surface area contributed by atoms with Gasteiger partial charge in [0.05, 0.1) is 29.1 Å². The Labute approximate surface area is 237 Å². The molecular formula is C32H34N4O5. The third-order valence-corrected chi connectivity index (χ3v) is 7.32. The summed E-state index contributed by atoms with van der Waals surface area (Å²) < 4.78 is 7.91. The summed E-state index contributed by atoms with van der Waals surface area (Å²) in [4.78, 5) is 52.5. The van der Waals surface area contributed by atoms with Crippen LogP contribution in [0.1, 0.15) is 43.7 Å². The molecular weight excluding hydrogens is 520 g/mol. The lowest BCUT2D eigenvalue weighted by Crippen LogP contribution is -2.40. The fourth-order valence-corrected chi connectivity index (χ4v) is 5.04. The number of rotatable bonds is 9. The molecule has 0 unspecified atom stereocenters. The standard InChI is InChI=1S/C32H34N4O5/c1-21(2)23-11-13-24(14-12-23)34-30(38)20-35-28-8-4-3-7-27(28)31(39)36(32(35)40)25-15-9-22(10-16-25)18-29(37)33-19-26-6-5-17-41-26/h3-4,7-16,21,26H,5-6,17-20H2,1-2H3,(H,33,37)(H,34,38)/t26-/m1/s1. The van der Waals surface area contributed by atoms with E-state index in [4.69, 9.17) is 4.74 Å². The molecule has 0 bridgehead atoms. The largest absolute Gasteiger partial charge is 0.376 e. The molecule has 2 N–H and O–H groups in total. The van der Waals surface area contributed by atoms with Crippen LogP contribution in [0, 0.1) is 0 Å². The smallest absolute Gasteiger partial charge is 0.336 e. The number of hydrogen-bond acceptors (Lipinski definition) is 5. The van der Waals surface area contributed by atoms with Crippen molar-refractivity contribution in [3.8, 4) is 5.69 Å². The van der Waals surface area contributed by atoms with E-state index in [0.717, 1.165) is 35.1 Å². The van der Waals surface area contributed by atoms with Crippen molar-refractivity contribution >= 4 is 28.4 Å². The van der Waals surface area contributed by atoms with Crippen molar-refractivity contribution in [1.82, 2.24) is 14.5 Å². The van der Waals surface area contributed by atoms with E-state index >= 15 is 0 Å². The molecule has 1 aliphatic heterocycles. The molecule has 1 saturated heterocycles.